The molecule has 2 amide bonds. The minimum absolute atomic E-state index is 0.0113. The Morgan fingerprint density at radius 1 is 1.13 bits per heavy atom. The van der Waals surface area contributed by atoms with Gasteiger partial charge in [0.15, 0.2) is 5.69 Å². The van der Waals surface area contributed by atoms with Crippen molar-refractivity contribution in [1.82, 2.24) is 24.9 Å². The van der Waals surface area contributed by atoms with Crippen LogP contribution in [0, 0.1) is 0 Å². The molecule has 2 N–H and O–H groups in total. The summed E-state index contributed by atoms with van der Waals surface area (Å²) in [6, 6.07) is 5.44. The highest BCUT2D eigenvalue weighted by atomic mass is 32.2. The van der Waals surface area contributed by atoms with E-state index in [1.165, 1.54) is 4.68 Å². The molecule has 1 saturated heterocycles. The number of nitrogens with zero attached hydrogens (tertiary/aromatic N) is 3. The predicted molar refractivity (Wildman–Crippen MR) is 111 cm³/mol. The standard InChI is InChI=1S/C19H25N5O5S/c1-12(2)24-19(27)14-9-5-4-8-13(14)16(22-24)18(26)21-20-17(25)15-10-6-7-11-23(15)30(3,28)29/h4-5,8-9,12,15H,6-7,10-11H2,1-3H3,(H,20,25)(H,21,26). The molecular formula is C19H25N5O5S. The molecule has 1 aliphatic heterocycles. The van der Waals surface area contributed by atoms with Gasteiger partial charge < -0.3 is 0 Å². The van der Waals surface area contributed by atoms with Gasteiger partial charge in [0.1, 0.15) is 6.04 Å². The van der Waals surface area contributed by atoms with Crippen LogP contribution in [0.15, 0.2) is 29.1 Å². The molecule has 10 nitrogen and oxygen atoms in total. The molecule has 1 fully saturated rings. The smallest absolute Gasteiger partial charge is 0.271 e. The second-order valence-electron chi connectivity index (χ2n) is 7.57. The molecule has 162 valence electrons. The summed E-state index contributed by atoms with van der Waals surface area (Å²) in [5, 5.41) is 4.88. The SMILES string of the molecule is CC(C)n1nc(C(=O)NNC(=O)C2CCCCN2S(C)(=O)=O)c2ccccc2c1=O. The van der Waals surface area contributed by atoms with Crippen LogP contribution < -0.4 is 16.4 Å². The molecule has 1 unspecified atom stereocenters. The van der Waals surface area contributed by atoms with E-state index in [1.807, 2.05) is 0 Å². The van der Waals surface area contributed by atoms with E-state index in [9.17, 15) is 22.8 Å². The van der Waals surface area contributed by atoms with Crippen molar-refractivity contribution in [3.63, 3.8) is 0 Å². The van der Waals surface area contributed by atoms with Gasteiger partial charge in [-0.3, -0.25) is 25.2 Å². The van der Waals surface area contributed by atoms with Gasteiger partial charge in [0, 0.05) is 11.9 Å². The van der Waals surface area contributed by atoms with Crippen LogP contribution in [0.2, 0.25) is 0 Å². The van der Waals surface area contributed by atoms with E-state index >= 15 is 0 Å². The molecule has 0 bridgehead atoms. The number of hydrogen-bond donors (Lipinski definition) is 2. The quantitative estimate of drug-likeness (QED) is 0.675. The first-order valence-corrected chi connectivity index (χ1v) is 11.5. The Morgan fingerprint density at radius 2 is 1.80 bits per heavy atom. The zero-order chi connectivity index (χ0) is 22.1. The minimum Gasteiger partial charge on any atom is -0.271 e. The van der Waals surface area contributed by atoms with Crippen LogP contribution in [0.4, 0.5) is 0 Å². The molecular weight excluding hydrogens is 410 g/mol. The summed E-state index contributed by atoms with van der Waals surface area (Å²) in [4.78, 5) is 37.9. The number of benzene rings is 1. The maximum Gasteiger partial charge on any atom is 0.290 e. The molecule has 0 radical (unpaired) electrons. The average Bonchev–Trinajstić information content (AvgIpc) is 2.71. The molecule has 0 saturated carbocycles. The van der Waals surface area contributed by atoms with Crippen molar-refractivity contribution in [3.05, 3.63) is 40.3 Å². The lowest BCUT2D eigenvalue weighted by atomic mass is 10.0. The second-order valence-corrected chi connectivity index (χ2v) is 9.50. The number of amides is 2. The van der Waals surface area contributed by atoms with Gasteiger partial charge in [-0.2, -0.15) is 9.40 Å². The van der Waals surface area contributed by atoms with Crippen LogP contribution in [-0.2, 0) is 14.8 Å². The summed E-state index contributed by atoms with van der Waals surface area (Å²) in [6.07, 6.45) is 2.82. The first-order chi connectivity index (χ1) is 14.1. The number of hydrogen-bond acceptors (Lipinski definition) is 6. The van der Waals surface area contributed by atoms with Gasteiger partial charge >= 0.3 is 0 Å². The number of sulfonamides is 1. The molecule has 1 aliphatic rings. The van der Waals surface area contributed by atoms with Crippen molar-refractivity contribution < 1.29 is 18.0 Å². The molecule has 11 heteroatoms. The summed E-state index contributed by atoms with van der Waals surface area (Å²) in [7, 11) is -3.55. The fourth-order valence-corrected chi connectivity index (χ4v) is 4.67. The van der Waals surface area contributed by atoms with Gasteiger partial charge in [-0.15, -0.1) is 0 Å². The highest BCUT2D eigenvalue weighted by Crippen LogP contribution is 2.20. The first-order valence-electron chi connectivity index (χ1n) is 9.70. The van der Waals surface area contributed by atoms with Crippen LogP contribution >= 0.6 is 0 Å². The molecule has 1 aromatic heterocycles. The lowest BCUT2D eigenvalue weighted by Crippen LogP contribution is -2.55. The highest BCUT2D eigenvalue weighted by Gasteiger charge is 2.34. The third-order valence-corrected chi connectivity index (χ3v) is 6.30. The van der Waals surface area contributed by atoms with Gasteiger partial charge in [0.2, 0.25) is 10.0 Å². The van der Waals surface area contributed by atoms with Crippen LogP contribution in [0.1, 0.15) is 49.6 Å². The van der Waals surface area contributed by atoms with E-state index in [-0.39, 0.29) is 23.8 Å². The molecule has 30 heavy (non-hydrogen) atoms. The topological polar surface area (TPSA) is 130 Å². The summed E-state index contributed by atoms with van der Waals surface area (Å²) in [5.74, 6) is -1.31. The maximum absolute atomic E-state index is 12.8. The van der Waals surface area contributed by atoms with Crippen LogP contribution in [0.25, 0.3) is 10.8 Å². The van der Waals surface area contributed by atoms with Crippen molar-refractivity contribution in [2.75, 3.05) is 12.8 Å². The maximum atomic E-state index is 12.8. The third-order valence-electron chi connectivity index (χ3n) is 5.01. The lowest BCUT2D eigenvalue weighted by molar-refractivity contribution is -0.126. The van der Waals surface area contributed by atoms with E-state index in [4.69, 9.17) is 0 Å². The van der Waals surface area contributed by atoms with Gasteiger partial charge in [-0.25, -0.2) is 13.1 Å². The number of carbonyl (C=O) groups is 2. The Hall–Kier alpha value is -2.79. The van der Waals surface area contributed by atoms with E-state index < -0.39 is 27.9 Å². The van der Waals surface area contributed by atoms with E-state index in [0.29, 0.717) is 30.0 Å². The number of carbonyl (C=O) groups excluding carboxylic acids is 2. The molecule has 0 aliphatic carbocycles. The Labute approximate surface area is 174 Å². The van der Waals surface area contributed by atoms with Crippen LogP contribution in [0.3, 0.4) is 0 Å². The first kappa shape index (κ1) is 21.9. The van der Waals surface area contributed by atoms with Crippen LogP contribution in [0.5, 0.6) is 0 Å². The minimum atomic E-state index is -3.55. The molecule has 1 atom stereocenters. The fourth-order valence-electron chi connectivity index (χ4n) is 3.55. The molecule has 2 heterocycles. The van der Waals surface area contributed by atoms with E-state index in [1.54, 1.807) is 38.1 Å². The van der Waals surface area contributed by atoms with Crippen molar-refractivity contribution in [3.8, 4) is 0 Å². The monoisotopic (exact) mass is 435 g/mol. The Kier molecular flexibility index (Phi) is 6.22. The largest absolute Gasteiger partial charge is 0.290 e. The van der Waals surface area contributed by atoms with Crippen molar-refractivity contribution in [1.29, 1.82) is 0 Å². The van der Waals surface area contributed by atoms with Gasteiger partial charge in [-0.1, -0.05) is 24.6 Å². The van der Waals surface area contributed by atoms with Crippen molar-refractivity contribution >= 4 is 32.6 Å². The third kappa shape index (κ3) is 4.36. The zero-order valence-electron chi connectivity index (χ0n) is 17.1. The normalized spacial score (nSPS) is 17.8. The lowest BCUT2D eigenvalue weighted by Gasteiger charge is -2.32. The molecule has 0 spiro atoms. The molecule has 1 aromatic carbocycles. The fraction of sp³-hybridized carbons (Fsp3) is 0.474. The number of aromatic nitrogens is 2. The average molecular weight is 436 g/mol. The predicted octanol–water partition coefficient (Wildman–Crippen LogP) is 0.553. The zero-order valence-corrected chi connectivity index (χ0v) is 17.9. The summed E-state index contributed by atoms with van der Waals surface area (Å²) in [5.41, 5.74) is 4.29. The highest BCUT2D eigenvalue weighted by molar-refractivity contribution is 7.88. The number of hydrazine groups is 1. The van der Waals surface area contributed by atoms with Crippen LogP contribution in [-0.4, -0.2) is 53.2 Å². The summed E-state index contributed by atoms with van der Waals surface area (Å²) in [6.45, 7) is 3.81. The van der Waals surface area contributed by atoms with Crippen molar-refractivity contribution in [2.45, 2.75) is 45.2 Å². The van der Waals surface area contributed by atoms with Gasteiger partial charge in [0.25, 0.3) is 17.4 Å². The number of piperidine rings is 1. The molecule has 2 aromatic rings. The Morgan fingerprint density at radius 3 is 2.43 bits per heavy atom. The van der Waals surface area contributed by atoms with Gasteiger partial charge in [-0.05, 0) is 32.8 Å². The number of rotatable bonds is 4. The second kappa shape index (κ2) is 8.52. The molecule has 3 rings (SSSR count). The number of nitrogens with one attached hydrogen (secondary N) is 2. The Balaban J connectivity index is 1.84. The van der Waals surface area contributed by atoms with E-state index in [0.717, 1.165) is 10.6 Å². The van der Waals surface area contributed by atoms with Gasteiger partial charge in [0.05, 0.1) is 17.7 Å². The summed E-state index contributed by atoms with van der Waals surface area (Å²) >= 11 is 0. The Bertz CT molecular complexity index is 1140. The number of fused-ring (bicyclic) bond motifs is 1. The van der Waals surface area contributed by atoms with Crippen molar-refractivity contribution in [2.24, 2.45) is 0 Å². The summed E-state index contributed by atoms with van der Waals surface area (Å²) < 4.78 is 26.3. The van der Waals surface area contributed by atoms with E-state index in [2.05, 4.69) is 16.0 Å².